The minimum Gasteiger partial charge on any atom is -0.497 e. The van der Waals surface area contributed by atoms with Gasteiger partial charge >= 0.3 is 0 Å². The van der Waals surface area contributed by atoms with E-state index in [0.717, 1.165) is 22.0 Å². The van der Waals surface area contributed by atoms with E-state index in [1.807, 2.05) is 36.6 Å². The molecule has 3 amide bonds. The van der Waals surface area contributed by atoms with Crippen molar-refractivity contribution in [2.24, 2.45) is 0 Å². The summed E-state index contributed by atoms with van der Waals surface area (Å²) in [6, 6.07) is 12.2. The first-order chi connectivity index (χ1) is 18.8. The molecule has 0 bridgehead atoms. The van der Waals surface area contributed by atoms with Gasteiger partial charge in [-0.2, -0.15) is 0 Å². The fraction of sp³-hybridized carbons (Fsp3) is 0.357. The summed E-state index contributed by atoms with van der Waals surface area (Å²) in [5, 5.41) is 20.5. The van der Waals surface area contributed by atoms with Crippen molar-refractivity contribution in [2.75, 3.05) is 40.4 Å². The topological polar surface area (TPSA) is 133 Å². The number of carbonyl (C=O) groups is 3. The minimum atomic E-state index is -0.479. The normalized spacial score (nSPS) is 10.7. The van der Waals surface area contributed by atoms with Crippen molar-refractivity contribution in [3.8, 4) is 5.75 Å². The number of hydrogen-bond donors (Lipinski definition) is 4. The van der Waals surface area contributed by atoms with Gasteiger partial charge in [0, 0.05) is 54.4 Å². The highest BCUT2D eigenvalue weighted by molar-refractivity contribution is 7.09. The predicted molar refractivity (Wildman–Crippen MR) is 150 cm³/mol. The van der Waals surface area contributed by atoms with Gasteiger partial charge < -0.3 is 30.7 Å². The van der Waals surface area contributed by atoms with Gasteiger partial charge in [-0.1, -0.05) is 12.1 Å². The molecule has 208 valence electrons. The SMILES string of the molecule is COc1cccc(CNCCCNC(=O)c2cc(C(=O)NCCO)cc(C(=O)N(C)Cc3nc(C)cs3)c2)c1. The molecule has 0 saturated heterocycles. The maximum absolute atomic E-state index is 13.2. The Kier molecular flexibility index (Phi) is 11.4. The molecular formula is C28H35N5O5S. The summed E-state index contributed by atoms with van der Waals surface area (Å²) in [5.41, 5.74) is 2.57. The van der Waals surface area contributed by atoms with Crippen molar-refractivity contribution in [1.29, 1.82) is 0 Å². The molecule has 0 unspecified atom stereocenters. The molecule has 3 aromatic rings. The monoisotopic (exact) mass is 553 g/mol. The van der Waals surface area contributed by atoms with Crippen LogP contribution >= 0.6 is 11.3 Å². The molecule has 0 radical (unpaired) electrons. The van der Waals surface area contributed by atoms with Gasteiger partial charge in [0.25, 0.3) is 17.7 Å². The Morgan fingerprint density at radius 2 is 1.69 bits per heavy atom. The second-order valence-corrected chi connectivity index (χ2v) is 9.90. The largest absolute Gasteiger partial charge is 0.497 e. The smallest absolute Gasteiger partial charge is 0.254 e. The minimum absolute atomic E-state index is 0.0601. The number of nitrogens with one attached hydrogen (secondary N) is 3. The average molecular weight is 554 g/mol. The molecule has 0 fully saturated rings. The lowest BCUT2D eigenvalue weighted by Crippen LogP contribution is -2.31. The number of aliphatic hydroxyl groups is 1. The van der Waals surface area contributed by atoms with E-state index >= 15 is 0 Å². The van der Waals surface area contributed by atoms with Gasteiger partial charge in [0.15, 0.2) is 0 Å². The van der Waals surface area contributed by atoms with Crippen LogP contribution in [-0.2, 0) is 13.1 Å². The van der Waals surface area contributed by atoms with Gasteiger partial charge in [-0.15, -0.1) is 11.3 Å². The van der Waals surface area contributed by atoms with E-state index < -0.39 is 5.91 Å². The number of nitrogens with zero attached hydrogens (tertiary/aromatic N) is 2. The van der Waals surface area contributed by atoms with Gasteiger partial charge in [-0.3, -0.25) is 14.4 Å². The standard InChI is InChI=1S/C28H35N5O5S/c1-19-18-39-25(32-19)17-33(2)28(37)23-14-21(13-22(15-23)27(36)31-10-11-34)26(35)30-9-5-8-29-16-20-6-4-7-24(12-20)38-3/h4,6-7,12-15,18,29,34H,5,8-11,16-17H2,1-3H3,(H,30,35)(H,31,36). The first-order valence-electron chi connectivity index (χ1n) is 12.6. The second kappa shape index (κ2) is 15.0. The molecule has 0 spiro atoms. The summed E-state index contributed by atoms with van der Waals surface area (Å²) >= 11 is 1.46. The van der Waals surface area contributed by atoms with E-state index in [1.54, 1.807) is 14.2 Å². The van der Waals surface area contributed by atoms with E-state index in [-0.39, 0.29) is 41.7 Å². The molecule has 10 nitrogen and oxygen atoms in total. The van der Waals surface area contributed by atoms with Gasteiger partial charge in [-0.05, 0) is 55.8 Å². The summed E-state index contributed by atoms with van der Waals surface area (Å²) < 4.78 is 5.24. The summed E-state index contributed by atoms with van der Waals surface area (Å²) in [6.45, 7) is 3.81. The van der Waals surface area contributed by atoms with Crippen molar-refractivity contribution in [1.82, 2.24) is 25.8 Å². The Morgan fingerprint density at radius 1 is 1.00 bits per heavy atom. The van der Waals surface area contributed by atoms with Gasteiger partial charge in [-0.25, -0.2) is 4.98 Å². The van der Waals surface area contributed by atoms with Crippen LogP contribution in [0.1, 0.15) is 53.8 Å². The van der Waals surface area contributed by atoms with E-state index in [0.29, 0.717) is 32.6 Å². The number of carbonyl (C=O) groups excluding carboxylic acids is 3. The second-order valence-electron chi connectivity index (χ2n) is 8.96. The summed E-state index contributed by atoms with van der Waals surface area (Å²) in [4.78, 5) is 44.6. The maximum atomic E-state index is 13.2. The number of amides is 3. The van der Waals surface area contributed by atoms with Crippen LogP contribution < -0.4 is 20.7 Å². The first kappa shape index (κ1) is 29.8. The summed E-state index contributed by atoms with van der Waals surface area (Å²) in [5.74, 6) is -0.397. The lowest BCUT2D eigenvalue weighted by molar-refractivity contribution is 0.0785. The van der Waals surface area contributed by atoms with Crippen LogP contribution in [-0.4, -0.2) is 73.1 Å². The molecule has 0 atom stereocenters. The molecule has 3 rings (SSSR count). The molecule has 4 N–H and O–H groups in total. The highest BCUT2D eigenvalue weighted by atomic mass is 32.1. The maximum Gasteiger partial charge on any atom is 0.254 e. The van der Waals surface area contributed by atoms with E-state index in [2.05, 4.69) is 20.9 Å². The lowest BCUT2D eigenvalue weighted by atomic mass is 10.0. The van der Waals surface area contributed by atoms with Crippen LogP contribution in [0.4, 0.5) is 0 Å². The molecule has 1 heterocycles. The Morgan fingerprint density at radius 3 is 2.33 bits per heavy atom. The van der Waals surface area contributed by atoms with Crippen LogP contribution in [0.25, 0.3) is 0 Å². The highest BCUT2D eigenvalue weighted by Gasteiger charge is 2.19. The van der Waals surface area contributed by atoms with Gasteiger partial charge in [0.05, 0.1) is 20.3 Å². The van der Waals surface area contributed by atoms with E-state index in [9.17, 15) is 14.4 Å². The zero-order chi connectivity index (χ0) is 28.2. The number of rotatable bonds is 14. The van der Waals surface area contributed by atoms with Crippen molar-refractivity contribution in [3.05, 3.63) is 80.8 Å². The molecule has 0 aliphatic rings. The molecule has 0 saturated carbocycles. The van der Waals surface area contributed by atoms with Crippen LogP contribution in [0, 0.1) is 6.92 Å². The summed E-state index contributed by atoms with van der Waals surface area (Å²) in [7, 11) is 3.28. The number of benzene rings is 2. The van der Waals surface area contributed by atoms with Crippen LogP contribution in [0.15, 0.2) is 47.8 Å². The number of aliphatic hydroxyl groups excluding tert-OH is 1. The van der Waals surface area contributed by atoms with Crippen molar-refractivity contribution < 1.29 is 24.2 Å². The quantitative estimate of drug-likeness (QED) is 0.225. The fourth-order valence-electron chi connectivity index (χ4n) is 3.79. The van der Waals surface area contributed by atoms with E-state index in [4.69, 9.17) is 9.84 Å². The number of hydrogen-bond acceptors (Lipinski definition) is 8. The number of aromatic nitrogens is 1. The molecule has 1 aromatic heterocycles. The zero-order valence-electron chi connectivity index (χ0n) is 22.5. The first-order valence-corrected chi connectivity index (χ1v) is 13.5. The highest BCUT2D eigenvalue weighted by Crippen LogP contribution is 2.16. The molecule has 2 aromatic carbocycles. The third kappa shape index (κ3) is 9.17. The molecule has 39 heavy (non-hydrogen) atoms. The van der Waals surface area contributed by atoms with Gasteiger partial charge in [0.1, 0.15) is 10.8 Å². The molecule has 0 aliphatic heterocycles. The molecule has 0 aliphatic carbocycles. The van der Waals surface area contributed by atoms with Crippen LogP contribution in [0.3, 0.4) is 0 Å². The fourth-order valence-corrected chi connectivity index (χ4v) is 4.61. The predicted octanol–water partition coefficient (Wildman–Crippen LogP) is 2.36. The number of methoxy groups -OCH3 is 1. The number of thiazole rings is 1. The van der Waals surface area contributed by atoms with Crippen molar-refractivity contribution in [2.45, 2.75) is 26.4 Å². The lowest BCUT2D eigenvalue weighted by Gasteiger charge is -2.17. The number of ether oxygens (including phenoxy) is 1. The summed E-state index contributed by atoms with van der Waals surface area (Å²) in [6.07, 6.45) is 0.689. The van der Waals surface area contributed by atoms with Crippen LogP contribution in [0.5, 0.6) is 5.75 Å². The molecular weight excluding hydrogens is 518 g/mol. The van der Waals surface area contributed by atoms with E-state index in [1.165, 1.54) is 34.4 Å². The van der Waals surface area contributed by atoms with Gasteiger partial charge in [0.2, 0.25) is 0 Å². The Bertz CT molecular complexity index is 1280. The van der Waals surface area contributed by atoms with Crippen LogP contribution in [0.2, 0.25) is 0 Å². The van der Waals surface area contributed by atoms with Crippen molar-refractivity contribution in [3.63, 3.8) is 0 Å². The Balaban J connectivity index is 1.61. The average Bonchev–Trinajstić information content (AvgIpc) is 3.36. The number of aryl methyl sites for hydroxylation is 1. The van der Waals surface area contributed by atoms with Crippen molar-refractivity contribution >= 4 is 29.1 Å². The Hall–Kier alpha value is -3.80. The Labute approximate surface area is 232 Å². The zero-order valence-corrected chi connectivity index (χ0v) is 23.3. The third-order valence-corrected chi connectivity index (χ3v) is 6.72. The molecule has 11 heteroatoms. The third-order valence-electron chi connectivity index (χ3n) is 5.77.